The standard InChI is InChI=1S/C12H19NO/c1-6-13-12(8(2)3)11-7-9(4)14-10(11)5/h7,12-13H,2,6H2,1,3-5H3. The van der Waals surface area contributed by atoms with Crippen molar-refractivity contribution >= 4 is 0 Å². The topological polar surface area (TPSA) is 25.2 Å². The first-order chi connectivity index (χ1) is 6.56. The summed E-state index contributed by atoms with van der Waals surface area (Å²) < 4.78 is 5.51. The zero-order valence-electron chi connectivity index (χ0n) is 9.48. The highest BCUT2D eigenvalue weighted by atomic mass is 16.3. The van der Waals surface area contributed by atoms with E-state index in [1.807, 2.05) is 20.8 Å². The summed E-state index contributed by atoms with van der Waals surface area (Å²) in [6, 6.07) is 2.30. The van der Waals surface area contributed by atoms with Crippen LogP contribution in [0, 0.1) is 13.8 Å². The zero-order chi connectivity index (χ0) is 10.7. The molecule has 2 heteroatoms. The van der Waals surface area contributed by atoms with Gasteiger partial charge in [0.15, 0.2) is 0 Å². The third kappa shape index (κ3) is 2.26. The number of nitrogens with one attached hydrogen (secondary N) is 1. The lowest BCUT2D eigenvalue weighted by atomic mass is 10.0. The second kappa shape index (κ2) is 4.47. The predicted molar refractivity (Wildman–Crippen MR) is 59.4 cm³/mol. The summed E-state index contributed by atoms with van der Waals surface area (Å²) >= 11 is 0. The van der Waals surface area contributed by atoms with Gasteiger partial charge >= 0.3 is 0 Å². The number of furan rings is 1. The van der Waals surface area contributed by atoms with Crippen LogP contribution in [0.2, 0.25) is 0 Å². The average Bonchev–Trinajstić information content (AvgIpc) is 2.40. The van der Waals surface area contributed by atoms with Gasteiger partial charge in [-0.25, -0.2) is 0 Å². The highest BCUT2D eigenvalue weighted by molar-refractivity contribution is 5.30. The van der Waals surface area contributed by atoms with Crippen LogP contribution in [0.4, 0.5) is 0 Å². The van der Waals surface area contributed by atoms with E-state index in [1.165, 1.54) is 5.56 Å². The normalized spacial score (nSPS) is 12.9. The fourth-order valence-corrected chi connectivity index (χ4v) is 1.69. The minimum Gasteiger partial charge on any atom is -0.466 e. The highest BCUT2D eigenvalue weighted by Gasteiger charge is 2.16. The van der Waals surface area contributed by atoms with Crippen LogP contribution in [0.15, 0.2) is 22.6 Å². The molecule has 1 aromatic heterocycles. The number of rotatable bonds is 4. The molecule has 0 saturated carbocycles. The molecule has 0 aromatic carbocycles. The van der Waals surface area contributed by atoms with Gasteiger partial charge in [0.05, 0.1) is 6.04 Å². The van der Waals surface area contributed by atoms with Crippen molar-refractivity contribution in [3.8, 4) is 0 Å². The molecule has 1 aromatic rings. The molecule has 1 unspecified atom stereocenters. The Morgan fingerprint density at radius 3 is 2.57 bits per heavy atom. The van der Waals surface area contributed by atoms with Crippen LogP contribution in [-0.4, -0.2) is 6.54 Å². The molecule has 78 valence electrons. The summed E-state index contributed by atoms with van der Waals surface area (Å²) in [6.45, 7) is 13.0. The first-order valence-corrected chi connectivity index (χ1v) is 5.02. The Balaban J connectivity index is 2.98. The third-order valence-electron chi connectivity index (χ3n) is 2.29. The van der Waals surface area contributed by atoms with Gasteiger partial charge < -0.3 is 9.73 Å². The Morgan fingerprint density at radius 1 is 1.57 bits per heavy atom. The van der Waals surface area contributed by atoms with Crippen molar-refractivity contribution in [2.75, 3.05) is 6.54 Å². The molecular weight excluding hydrogens is 174 g/mol. The number of hydrogen-bond donors (Lipinski definition) is 1. The van der Waals surface area contributed by atoms with E-state index in [4.69, 9.17) is 4.42 Å². The molecule has 1 atom stereocenters. The van der Waals surface area contributed by atoms with E-state index >= 15 is 0 Å². The monoisotopic (exact) mass is 193 g/mol. The van der Waals surface area contributed by atoms with Crippen molar-refractivity contribution in [1.29, 1.82) is 0 Å². The molecule has 0 aliphatic rings. The summed E-state index contributed by atoms with van der Waals surface area (Å²) in [4.78, 5) is 0. The van der Waals surface area contributed by atoms with Crippen LogP contribution in [0.5, 0.6) is 0 Å². The van der Waals surface area contributed by atoms with Crippen LogP contribution >= 0.6 is 0 Å². The molecule has 2 nitrogen and oxygen atoms in total. The van der Waals surface area contributed by atoms with Gasteiger partial charge in [-0.3, -0.25) is 0 Å². The Morgan fingerprint density at radius 2 is 2.21 bits per heavy atom. The van der Waals surface area contributed by atoms with Crippen LogP contribution in [0.1, 0.15) is 37.0 Å². The minimum absolute atomic E-state index is 0.220. The second-order valence-corrected chi connectivity index (χ2v) is 3.71. The summed E-state index contributed by atoms with van der Waals surface area (Å²) in [5.74, 6) is 1.94. The Kier molecular flexibility index (Phi) is 3.53. The lowest BCUT2D eigenvalue weighted by molar-refractivity contribution is 0.494. The molecule has 0 aliphatic heterocycles. The van der Waals surface area contributed by atoms with E-state index in [1.54, 1.807) is 0 Å². The summed E-state index contributed by atoms with van der Waals surface area (Å²) in [7, 11) is 0. The maximum absolute atomic E-state index is 5.51. The molecule has 1 rings (SSSR count). The van der Waals surface area contributed by atoms with Gasteiger partial charge in [0.25, 0.3) is 0 Å². The average molecular weight is 193 g/mol. The molecule has 1 N–H and O–H groups in total. The summed E-state index contributed by atoms with van der Waals surface area (Å²) in [5, 5.41) is 3.39. The first-order valence-electron chi connectivity index (χ1n) is 5.02. The van der Waals surface area contributed by atoms with Crippen LogP contribution < -0.4 is 5.32 Å². The maximum atomic E-state index is 5.51. The largest absolute Gasteiger partial charge is 0.466 e. The Bertz CT molecular complexity index is 325. The molecular formula is C12H19NO. The van der Waals surface area contributed by atoms with Gasteiger partial charge in [0.2, 0.25) is 0 Å². The minimum atomic E-state index is 0.220. The number of likely N-dealkylation sites (N-methyl/N-ethyl adjacent to an activating group) is 1. The predicted octanol–water partition coefficient (Wildman–Crippen LogP) is 3.12. The van der Waals surface area contributed by atoms with E-state index in [9.17, 15) is 0 Å². The third-order valence-corrected chi connectivity index (χ3v) is 2.29. The van der Waals surface area contributed by atoms with E-state index in [0.29, 0.717) is 0 Å². The van der Waals surface area contributed by atoms with Gasteiger partial charge in [-0.2, -0.15) is 0 Å². The molecule has 0 fully saturated rings. The summed E-state index contributed by atoms with van der Waals surface area (Å²) in [6.07, 6.45) is 0. The maximum Gasteiger partial charge on any atom is 0.106 e. The molecule has 0 saturated heterocycles. The molecule has 0 amide bonds. The van der Waals surface area contributed by atoms with Crippen molar-refractivity contribution in [1.82, 2.24) is 5.32 Å². The van der Waals surface area contributed by atoms with Crippen molar-refractivity contribution in [3.05, 3.63) is 35.3 Å². The number of hydrogen-bond acceptors (Lipinski definition) is 2. The first kappa shape index (κ1) is 11.1. The van der Waals surface area contributed by atoms with Crippen molar-refractivity contribution in [3.63, 3.8) is 0 Å². The molecule has 14 heavy (non-hydrogen) atoms. The van der Waals surface area contributed by atoms with Crippen LogP contribution in [0.25, 0.3) is 0 Å². The van der Waals surface area contributed by atoms with Crippen molar-refractivity contribution < 1.29 is 4.42 Å². The molecule has 1 heterocycles. The zero-order valence-corrected chi connectivity index (χ0v) is 9.48. The Hall–Kier alpha value is -1.02. The summed E-state index contributed by atoms with van der Waals surface area (Å²) in [5.41, 5.74) is 2.33. The van der Waals surface area contributed by atoms with Crippen LogP contribution in [-0.2, 0) is 0 Å². The van der Waals surface area contributed by atoms with Gasteiger partial charge in [-0.1, -0.05) is 19.1 Å². The van der Waals surface area contributed by atoms with Crippen LogP contribution in [0.3, 0.4) is 0 Å². The quantitative estimate of drug-likeness (QED) is 0.743. The SMILES string of the molecule is C=C(C)C(NCC)c1cc(C)oc1C. The van der Waals surface area contributed by atoms with E-state index in [0.717, 1.165) is 23.6 Å². The van der Waals surface area contributed by atoms with E-state index in [-0.39, 0.29) is 6.04 Å². The highest BCUT2D eigenvalue weighted by Crippen LogP contribution is 2.25. The van der Waals surface area contributed by atoms with Gasteiger partial charge in [0.1, 0.15) is 11.5 Å². The van der Waals surface area contributed by atoms with Gasteiger partial charge in [-0.15, -0.1) is 0 Å². The molecule has 0 aliphatic carbocycles. The number of aryl methyl sites for hydroxylation is 2. The van der Waals surface area contributed by atoms with E-state index in [2.05, 4.69) is 24.9 Å². The second-order valence-electron chi connectivity index (χ2n) is 3.71. The van der Waals surface area contributed by atoms with E-state index < -0.39 is 0 Å². The van der Waals surface area contributed by atoms with Crippen molar-refractivity contribution in [2.24, 2.45) is 0 Å². The molecule has 0 spiro atoms. The molecule has 0 radical (unpaired) electrons. The lowest BCUT2D eigenvalue weighted by Gasteiger charge is -2.17. The van der Waals surface area contributed by atoms with Crippen molar-refractivity contribution in [2.45, 2.75) is 33.7 Å². The smallest absolute Gasteiger partial charge is 0.106 e. The lowest BCUT2D eigenvalue weighted by Crippen LogP contribution is -2.21. The fourth-order valence-electron chi connectivity index (χ4n) is 1.69. The molecule has 0 bridgehead atoms. The Labute approximate surface area is 86.0 Å². The fraction of sp³-hybridized carbons (Fsp3) is 0.500. The van der Waals surface area contributed by atoms with Gasteiger partial charge in [0, 0.05) is 5.56 Å². The van der Waals surface area contributed by atoms with Gasteiger partial charge in [-0.05, 0) is 33.4 Å².